The minimum atomic E-state index is -0.311. The van der Waals surface area contributed by atoms with Crippen LogP contribution in [0.5, 0.6) is 0 Å². The van der Waals surface area contributed by atoms with Crippen molar-refractivity contribution in [3.63, 3.8) is 0 Å². The number of aryl methyl sites for hydroxylation is 1. The Kier molecular flexibility index (Phi) is 4.51. The molecule has 2 aliphatic heterocycles. The number of thioether (sulfide) groups is 1. The second-order valence-electron chi connectivity index (χ2n) is 6.42. The Morgan fingerprint density at radius 3 is 2.42 bits per heavy atom. The van der Waals surface area contributed by atoms with Crippen molar-refractivity contribution in [3.05, 3.63) is 76.2 Å². The summed E-state index contributed by atoms with van der Waals surface area (Å²) in [5, 5.41) is 2.17. The van der Waals surface area contributed by atoms with Crippen molar-refractivity contribution in [2.45, 2.75) is 24.8 Å². The highest BCUT2D eigenvalue weighted by Crippen LogP contribution is 2.37. The molecule has 2 aromatic rings. The number of hydrogen-bond donors (Lipinski definition) is 0. The Bertz CT molecular complexity index is 880. The summed E-state index contributed by atoms with van der Waals surface area (Å²) in [6.07, 6.45) is 1.94. The molecule has 2 aromatic carbocycles. The van der Waals surface area contributed by atoms with Crippen LogP contribution in [0.2, 0.25) is 5.02 Å². The van der Waals surface area contributed by atoms with Crippen LogP contribution >= 0.6 is 23.4 Å². The lowest BCUT2D eigenvalue weighted by atomic mass is 10.1. The highest BCUT2D eigenvalue weighted by Gasteiger charge is 2.47. The lowest BCUT2D eigenvalue weighted by Crippen LogP contribution is -2.61. The molecule has 2 atom stereocenters. The fourth-order valence-corrected chi connectivity index (χ4v) is 4.40. The van der Waals surface area contributed by atoms with Crippen LogP contribution in [-0.2, 0) is 11.3 Å². The number of halogens is 1. The van der Waals surface area contributed by atoms with Crippen molar-refractivity contribution >= 4 is 41.0 Å². The zero-order valence-corrected chi connectivity index (χ0v) is 15.7. The van der Waals surface area contributed by atoms with Gasteiger partial charge in [-0.1, -0.05) is 47.5 Å². The third kappa shape index (κ3) is 3.02. The smallest absolute Gasteiger partial charge is 0.312 e. The second kappa shape index (κ2) is 6.82. The van der Waals surface area contributed by atoms with E-state index >= 15 is 0 Å². The molecule has 26 heavy (non-hydrogen) atoms. The molecule has 0 aliphatic carbocycles. The van der Waals surface area contributed by atoms with E-state index < -0.39 is 0 Å². The molecule has 0 N–H and O–H groups in total. The summed E-state index contributed by atoms with van der Waals surface area (Å²) >= 11 is 7.41. The van der Waals surface area contributed by atoms with E-state index in [2.05, 4.69) is 0 Å². The number of amides is 3. The largest absolute Gasteiger partial charge is 0.332 e. The van der Waals surface area contributed by atoms with E-state index in [4.69, 9.17) is 11.6 Å². The molecule has 2 heterocycles. The number of imide groups is 1. The number of rotatable bonds is 3. The summed E-state index contributed by atoms with van der Waals surface area (Å²) in [5.41, 5.74) is 2.76. The molecule has 0 aromatic heterocycles. The molecule has 4 rings (SSSR count). The average Bonchev–Trinajstić information content (AvgIpc) is 3.12. The molecular weight excluding hydrogens is 368 g/mol. The van der Waals surface area contributed by atoms with Crippen LogP contribution in [0.4, 0.5) is 10.5 Å². The molecule has 4 nitrogen and oxygen atoms in total. The van der Waals surface area contributed by atoms with Crippen LogP contribution in [0.1, 0.15) is 11.1 Å². The van der Waals surface area contributed by atoms with Gasteiger partial charge < -0.3 is 4.90 Å². The average molecular weight is 385 g/mol. The molecule has 1 fully saturated rings. The fraction of sp³-hybridized carbons (Fsp3) is 0.200. The number of carbonyl (C=O) groups is 2. The van der Waals surface area contributed by atoms with Gasteiger partial charge >= 0.3 is 6.03 Å². The molecule has 0 saturated carbocycles. The topological polar surface area (TPSA) is 40.6 Å². The van der Waals surface area contributed by atoms with Gasteiger partial charge in [0.2, 0.25) is 0 Å². The number of nitrogens with zero attached hydrogens (tertiary/aromatic N) is 2. The molecule has 0 bridgehead atoms. The number of urea groups is 1. The third-order valence-electron chi connectivity index (χ3n) is 4.63. The first kappa shape index (κ1) is 17.2. The maximum atomic E-state index is 13.2. The Balaban J connectivity index is 1.68. The Labute approximate surface area is 161 Å². The van der Waals surface area contributed by atoms with Gasteiger partial charge in [0.1, 0.15) is 5.25 Å². The van der Waals surface area contributed by atoms with E-state index in [1.165, 1.54) is 22.2 Å². The summed E-state index contributed by atoms with van der Waals surface area (Å²) < 4.78 is 0. The summed E-state index contributed by atoms with van der Waals surface area (Å²) in [5.74, 6) is -0.183. The van der Waals surface area contributed by atoms with Crippen LogP contribution in [-0.4, -0.2) is 28.1 Å². The van der Waals surface area contributed by atoms with Gasteiger partial charge in [0.25, 0.3) is 5.91 Å². The molecular formula is C20H17ClN2O2S. The first-order valence-corrected chi connectivity index (χ1v) is 9.64. The number of benzene rings is 2. The highest BCUT2D eigenvalue weighted by molar-refractivity contribution is 8.03. The van der Waals surface area contributed by atoms with Crippen molar-refractivity contribution in [2.75, 3.05) is 4.90 Å². The van der Waals surface area contributed by atoms with Gasteiger partial charge in [-0.25, -0.2) is 9.69 Å². The summed E-state index contributed by atoms with van der Waals surface area (Å²) in [6, 6.07) is 14.4. The molecule has 2 aliphatic rings. The molecule has 0 radical (unpaired) electrons. The van der Waals surface area contributed by atoms with Crippen LogP contribution in [0.25, 0.3) is 0 Å². The second-order valence-corrected chi connectivity index (χ2v) is 7.91. The maximum absolute atomic E-state index is 13.2. The van der Waals surface area contributed by atoms with E-state index in [-0.39, 0.29) is 23.2 Å². The zero-order valence-electron chi connectivity index (χ0n) is 14.1. The van der Waals surface area contributed by atoms with Crippen molar-refractivity contribution in [1.82, 2.24) is 4.90 Å². The SMILES string of the molecule is Cc1ccc(CN2C(=O)N(c3ccc(Cl)cc3)C(=O)C3SC=CC32)cc1. The summed E-state index contributed by atoms with van der Waals surface area (Å²) in [6.45, 7) is 2.49. The summed E-state index contributed by atoms with van der Waals surface area (Å²) in [4.78, 5) is 29.2. The lowest BCUT2D eigenvalue weighted by molar-refractivity contribution is -0.119. The standard InChI is InChI=1S/C20H17ClN2O2S/c1-13-2-4-14(5-3-13)12-22-17-10-11-26-18(17)19(24)23(20(22)25)16-8-6-15(21)7-9-16/h2-11,17-18H,12H2,1H3. The minimum Gasteiger partial charge on any atom is -0.312 e. The van der Waals surface area contributed by atoms with Crippen LogP contribution in [0, 0.1) is 6.92 Å². The Morgan fingerprint density at radius 2 is 1.73 bits per heavy atom. The van der Waals surface area contributed by atoms with E-state index in [0.717, 1.165) is 5.56 Å². The van der Waals surface area contributed by atoms with Crippen LogP contribution < -0.4 is 4.90 Å². The number of fused-ring (bicyclic) bond motifs is 1. The summed E-state index contributed by atoms with van der Waals surface area (Å²) in [7, 11) is 0. The lowest BCUT2D eigenvalue weighted by Gasteiger charge is -2.41. The van der Waals surface area contributed by atoms with Crippen molar-refractivity contribution in [2.24, 2.45) is 0 Å². The molecule has 0 spiro atoms. The van der Waals surface area contributed by atoms with Crippen LogP contribution in [0.15, 0.2) is 60.0 Å². The van der Waals surface area contributed by atoms with Crippen molar-refractivity contribution in [1.29, 1.82) is 0 Å². The van der Waals surface area contributed by atoms with Crippen molar-refractivity contribution < 1.29 is 9.59 Å². The molecule has 6 heteroatoms. The fourth-order valence-electron chi connectivity index (χ4n) is 3.23. The van der Waals surface area contributed by atoms with Crippen molar-refractivity contribution in [3.8, 4) is 0 Å². The van der Waals surface area contributed by atoms with Gasteiger partial charge in [0.05, 0.1) is 11.7 Å². The molecule has 132 valence electrons. The third-order valence-corrected chi connectivity index (χ3v) is 5.97. The quantitative estimate of drug-likeness (QED) is 0.775. The van der Waals surface area contributed by atoms with Gasteiger partial charge in [0.15, 0.2) is 0 Å². The number of anilines is 1. The number of hydrogen-bond acceptors (Lipinski definition) is 3. The number of carbonyl (C=O) groups excluding carboxylic acids is 2. The monoisotopic (exact) mass is 384 g/mol. The predicted molar refractivity (Wildman–Crippen MR) is 105 cm³/mol. The predicted octanol–water partition coefficient (Wildman–Crippen LogP) is 4.61. The zero-order chi connectivity index (χ0) is 18.3. The van der Waals surface area contributed by atoms with Gasteiger partial charge in [-0.05, 0) is 42.2 Å². The first-order chi connectivity index (χ1) is 12.5. The molecule has 1 saturated heterocycles. The van der Waals surface area contributed by atoms with E-state index in [0.29, 0.717) is 17.3 Å². The Morgan fingerprint density at radius 1 is 1.04 bits per heavy atom. The first-order valence-electron chi connectivity index (χ1n) is 8.32. The van der Waals surface area contributed by atoms with E-state index in [1.807, 2.05) is 42.7 Å². The van der Waals surface area contributed by atoms with Gasteiger partial charge in [-0.15, -0.1) is 11.8 Å². The van der Waals surface area contributed by atoms with E-state index in [1.54, 1.807) is 29.2 Å². The molecule has 2 unspecified atom stereocenters. The van der Waals surface area contributed by atoms with Gasteiger partial charge in [-0.3, -0.25) is 4.79 Å². The van der Waals surface area contributed by atoms with Gasteiger partial charge in [0, 0.05) is 11.6 Å². The van der Waals surface area contributed by atoms with Crippen LogP contribution in [0.3, 0.4) is 0 Å². The van der Waals surface area contributed by atoms with E-state index in [9.17, 15) is 9.59 Å². The highest BCUT2D eigenvalue weighted by atomic mass is 35.5. The molecule has 3 amide bonds. The minimum absolute atomic E-state index is 0.183. The normalized spacial score (nSPS) is 22.1. The Hall–Kier alpha value is -2.24. The van der Waals surface area contributed by atoms with Gasteiger partial charge in [-0.2, -0.15) is 0 Å². The maximum Gasteiger partial charge on any atom is 0.332 e.